The normalized spacial score (nSPS) is 26.1. The van der Waals surface area contributed by atoms with Crippen LogP contribution in [0.4, 0.5) is 19.0 Å². The third-order valence-electron chi connectivity index (χ3n) is 11.5. The Morgan fingerprint density at radius 2 is 1.77 bits per heavy atom. The van der Waals surface area contributed by atoms with Gasteiger partial charge in [-0.3, -0.25) is 9.80 Å². The van der Waals surface area contributed by atoms with Crippen molar-refractivity contribution in [3.05, 3.63) is 53.3 Å². The summed E-state index contributed by atoms with van der Waals surface area (Å²) in [6.45, 7) is 4.76. The summed E-state index contributed by atoms with van der Waals surface area (Å²) < 4.78 is 54.4. The number of likely N-dealkylation sites (N-methyl/N-ethyl adjacent to an activating group) is 1. The lowest BCUT2D eigenvalue weighted by atomic mass is 9.87. The summed E-state index contributed by atoms with van der Waals surface area (Å²) in [5, 5.41) is 14.9. The second kappa shape index (κ2) is 11.0. The summed E-state index contributed by atoms with van der Waals surface area (Å²) in [4.78, 5) is 16.5. The first-order valence-corrected chi connectivity index (χ1v) is 16.9. The van der Waals surface area contributed by atoms with Gasteiger partial charge in [0.15, 0.2) is 5.82 Å². The molecular weight excluding hydrogens is 617 g/mol. The number of hydrogen-bond acceptors (Lipinski definition) is 8. The van der Waals surface area contributed by atoms with Gasteiger partial charge in [0.25, 0.3) is 0 Å². The number of nitrogens with one attached hydrogen (secondary N) is 1. The average molecular weight is 655 g/mol. The van der Waals surface area contributed by atoms with Gasteiger partial charge >= 0.3 is 6.01 Å². The zero-order valence-electron chi connectivity index (χ0n) is 26.8. The van der Waals surface area contributed by atoms with E-state index in [4.69, 9.17) is 16.1 Å². The van der Waals surface area contributed by atoms with Crippen molar-refractivity contribution in [3.8, 4) is 35.2 Å². The molecule has 5 saturated heterocycles. The van der Waals surface area contributed by atoms with E-state index in [0.717, 1.165) is 45.3 Å². The molecule has 5 aliphatic heterocycles. The van der Waals surface area contributed by atoms with Gasteiger partial charge in [0.2, 0.25) is 0 Å². The lowest BCUT2D eigenvalue weighted by Crippen LogP contribution is -2.67. The van der Waals surface area contributed by atoms with Crippen molar-refractivity contribution in [1.29, 1.82) is 0 Å². The highest BCUT2D eigenvalue weighted by Gasteiger charge is 2.49. The number of benzene rings is 3. The average Bonchev–Trinajstić information content (AvgIpc) is 3.76. The number of fused-ring (bicyclic) bond motifs is 6. The van der Waals surface area contributed by atoms with Gasteiger partial charge in [-0.15, -0.1) is 6.42 Å². The van der Waals surface area contributed by atoms with Gasteiger partial charge in [-0.05, 0) is 68.8 Å². The fraction of sp³-hybridized carbons (Fsp3) is 0.459. The first-order chi connectivity index (χ1) is 23.2. The molecule has 4 aromatic rings. The van der Waals surface area contributed by atoms with Crippen molar-refractivity contribution in [2.75, 3.05) is 51.3 Å². The molecule has 4 unspecified atom stereocenters. The minimum Gasteiger partial charge on any atom is -0.508 e. The molecule has 1 saturated carbocycles. The Balaban J connectivity index is 1.13. The lowest BCUT2D eigenvalue weighted by Gasteiger charge is -2.55. The molecular formula is C37H37F3N6O2. The second-order valence-electron chi connectivity index (χ2n) is 14.7. The Kier molecular flexibility index (Phi) is 6.84. The van der Waals surface area contributed by atoms with Crippen LogP contribution in [0, 0.1) is 35.2 Å². The molecule has 6 aliphatic rings. The van der Waals surface area contributed by atoms with Crippen molar-refractivity contribution >= 4 is 27.5 Å². The molecule has 2 N–H and O–H groups in total. The van der Waals surface area contributed by atoms with Crippen LogP contribution < -0.4 is 15.0 Å². The third kappa shape index (κ3) is 4.87. The fourth-order valence-electron chi connectivity index (χ4n) is 8.68. The molecule has 8 nitrogen and oxygen atoms in total. The summed E-state index contributed by atoms with van der Waals surface area (Å²) in [7, 11) is 2.20. The fourth-order valence-corrected chi connectivity index (χ4v) is 8.68. The molecule has 1 aromatic heterocycles. The maximum absolute atomic E-state index is 16.9. The minimum absolute atomic E-state index is 0.00232. The van der Waals surface area contributed by atoms with Gasteiger partial charge in [0.1, 0.15) is 28.7 Å². The summed E-state index contributed by atoms with van der Waals surface area (Å²) in [5.41, 5.74) is -0.750. The first-order valence-electron chi connectivity index (χ1n) is 16.9. The van der Waals surface area contributed by atoms with E-state index in [1.807, 2.05) is 0 Å². The molecule has 48 heavy (non-hydrogen) atoms. The molecule has 10 rings (SSSR count). The number of terminal acetylenes is 1. The first kappa shape index (κ1) is 30.0. The maximum atomic E-state index is 16.9. The highest BCUT2D eigenvalue weighted by molar-refractivity contribution is 6.04. The number of piperazine rings is 2. The Hall–Kier alpha value is -4.11. The SMILES string of the molecule is C#Cc1c(F)ccc2cc(O)cc(-c3c(F)cc4c(N5CC6CCC(C5)N6)nc(OCC5(CN6CC7CC(C6)N7C)CC5)nc4c3F)c12. The van der Waals surface area contributed by atoms with E-state index in [1.165, 1.54) is 36.8 Å². The number of nitrogens with zero attached hydrogens (tertiary/aromatic N) is 5. The second-order valence-corrected chi connectivity index (χ2v) is 14.7. The van der Waals surface area contributed by atoms with Crippen molar-refractivity contribution < 1.29 is 23.0 Å². The molecule has 3 aromatic carbocycles. The van der Waals surface area contributed by atoms with E-state index in [2.05, 4.69) is 38.0 Å². The van der Waals surface area contributed by atoms with E-state index in [1.54, 1.807) is 0 Å². The van der Waals surface area contributed by atoms with Crippen LogP contribution in [0.5, 0.6) is 11.8 Å². The molecule has 0 amide bonds. The molecule has 248 valence electrons. The Labute approximate surface area is 276 Å². The quantitative estimate of drug-likeness (QED) is 0.269. The van der Waals surface area contributed by atoms with E-state index < -0.39 is 23.0 Å². The Morgan fingerprint density at radius 3 is 2.46 bits per heavy atom. The van der Waals surface area contributed by atoms with Crippen LogP contribution in [0.25, 0.3) is 32.8 Å². The van der Waals surface area contributed by atoms with Crippen LogP contribution in [0.15, 0.2) is 30.3 Å². The van der Waals surface area contributed by atoms with Gasteiger partial charge < -0.3 is 20.1 Å². The van der Waals surface area contributed by atoms with Gasteiger partial charge in [-0.2, -0.15) is 9.97 Å². The molecule has 6 fully saturated rings. The van der Waals surface area contributed by atoms with E-state index >= 15 is 8.78 Å². The molecule has 6 heterocycles. The zero-order valence-corrected chi connectivity index (χ0v) is 26.8. The van der Waals surface area contributed by atoms with Gasteiger partial charge in [-0.1, -0.05) is 12.0 Å². The van der Waals surface area contributed by atoms with Crippen molar-refractivity contribution in [3.63, 3.8) is 0 Å². The van der Waals surface area contributed by atoms with Crippen LogP contribution in [-0.4, -0.2) is 95.4 Å². The van der Waals surface area contributed by atoms with E-state index in [-0.39, 0.29) is 56.7 Å². The van der Waals surface area contributed by atoms with Crippen LogP contribution >= 0.6 is 0 Å². The molecule has 0 spiro atoms. The highest BCUT2D eigenvalue weighted by atomic mass is 19.1. The zero-order chi connectivity index (χ0) is 32.9. The molecule has 1 aliphatic carbocycles. The smallest absolute Gasteiger partial charge is 0.319 e. The van der Waals surface area contributed by atoms with Crippen molar-refractivity contribution in [1.82, 2.24) is 25.1 Å². The number of piperidine rings is 1. The van der Waals surface area contributed by atoms with Crippen molar-refractivity contribution in [2.45, 2.75) is 56.3 Å². The Bertz CT molecular complexity index is 2000. The molecule has 0 radical (unpaired) electrons. The summed E-state index contributed by atoms with van der Waals surface area (Å²) in [6.07, 6.45) is 11.1. The third-order valence-corrected chi connectivity index (χ3v) is 11.5. The summed E-state index contributed by atoms with van der Waals surface area (Å²) >= 11 is 0. The monoisotopic (exact) mass is 654 g/mol. The number of ether oxygens (including phenoxy) is 1. The standard InChI is InChI=1S/C37H37F3N6O2/c1-3-26-29(38)7-4-20-10-25(47)12-27(31(20)26)32-30(39)13-28-34(33(32)40)42-36(43-35(28)46-14-21-5-6-22(15-46)41-21)48-19-37(8-9-37)18-45-16-23-11-24(17-45)44(23)2/h1,4,7,10,12-13,21-24,41,47H,5-6,8-9,11,14-19H2,2H3. The van der Waals surface area contributed by atoms with Crippen molar-refractivity contribution in [2.24, 2.45) is 5.41 Å². The summed E-state index contributed by atoms with van der Waals surface area (Å²) in [5.74, 6) is -0.0195. The van der Waals surface area contributed by atoms with E-state index in [0.29, 0.717) is 43.0 Å². The van der Waals surface area contributed by atoms with Gasteiger partial charge in [0, 0.05) is 78.6 Å². The van der Waals surface area contributed by atoms with Crippen LogP contribution in [0.1, 0.15) is 37.7 Å². The predicted molar refractivity (Wildman–Crippen MR) is 178 cm³/mol. The number of halogens is 3. The topological polar surface area (TPSA) is 77.0 Å². The van der Waals surface area contributed by atoms with Gasteiger partial charge in [-0.25, -0.2) is 13.2 Å². The number of hydrogen-bond donors (Lipinski definition) is 2. The Morgan fingerprint density at radius 1 is 1.02 bits per heavy atom. The predicted octanol–water partition coefficient (Wildman–Crippen LogP) is 5.04. The number of anilines is 1. The summed E-state index contributed by atoms with van der Waals surface area (Å²) in [6, 6.07) is 8.24. The number of aromatic hydroxyl groups is 1. The number of phenolic OH excluding ortho intramolecular Hbond substituents is 1. The minimum atomic E-state index is -0.950. The highest BCUT2D eigenvalue weighted by Crippen LogP contribution is 2.48. The molecule has 4 atom stereocenters. The number of rotatable bonds is 7. The number of aromatic nitrogens is 2. The molecule has 4 bridgehead atoms. The largest absolute Gasteiger partial charge is 0.508 e. The maximum Gasteiger partial charge on any atom is 0.319 e. The van der Waals surface area contributed by atoms with E-state index in [9.17, 15) is 9.50 Å². The van der Waals surface area contributed by atoms with Crippen LogP contribution in [0.2, 0.25) is 0 Å². The van der Waals surface area contributed by atoms with Crippen LogP contribution in [0.3, 0.4) is 0 Å². The number of phenols is 1. The van der Waals surface area contributed by atoms with Gasteiger partial charge in [0.05, 0.1) is 17.7 Å². The molecule has 11 heteroatoms. The van der Waals surface area contributed by atoms with Crippen LogP contribution in [-0.2, 0) is 0 Å². The lowest BCUT2D eigenvalue weighted by molar-refractivity contribution is -0.0581.